The quantitative estimate of drug-likeness (QED) is 0.853. The number of aromatic nitrogens is 3. The number of rotatable bonds is 3. The summed E-state index contributed by atoms with van der Waals surface area (Å²) in [5.41, 5.74) is -1.32. The third-order valence-corrected chi connectivity index (χ3v) is 3.56. The first-order valence-corrected chi connectivity index (χ1v) is 7.52. The van der Waals surface area contributed by atoms with E-state index in [0.29, 0.717) is 44.1 Å². The molecule has 0 saturated carbocycles. The Morgan fingerprint density at radius 2 is 1.84 bits per heavy atom. The highest BCUT2D eigenvalue weighted by Crippen LogP contribution is 2.33. The number of hydrogen-bond donors (Lipinski definition) is 1. The van der Waals surface area contributed by atoms with Crippen LogP contribution in [0.1, 0.15) is 11.4 Å². The minimum absolute atomic E-state index is 0.0345. The number of halogens is 4. The van der Waals surface area contributed by atoms with Gasteiger partial charge in [-0.05, 0) is 25.1 Å². The van der Waals surface area contributed by atoms with Crippen molar-refractivity contribution in [2.75, 3.05) is 36.5 Å². The first-order valence-electron chi connectivity index (χ1n) is 7.52. The number of anilines is 3. The Labute approximate surface area is 140 Å². The summed E-state index contributed by atoms with van der Waals surface area (Å²) in [7, 11) is 0. The van der Waals surface area contributed by atoms with Crippen LogP contribution in [-0.4, -0.2) is 41.3 Å². The largest absolute Gasteiger partial charge is 0.419 e. The Balaban J connectivity index is 1.87. The standard InChI is InChI=1S/C15H15F4N5O/c1-9-20-13(23-14(21-9)24-4-6-25-7-5-24)22-10-2-3-12(16)11(8-10)15(17,18)19/h2-3,8H,4-7H2,1H3,(H,20,21,22,23). The fraction of sp³-hybridized carbons (Fsp3) is 0.400. The molecular weight excluding hydrogens is 342 g/mol. The first kappa shape index (κ1) is 17.3. The van der Waals surface area contributed by atoms with Crippen molar-refractivity contribution in [2.24, 2.45) is 0 Å². The van der Waals surface area contributed by atoms with Crippen LogP contribution in [0.3, 0.4) is 0 Å². The third kappa shape index (κ3) is 4.13. The van der Waals surface area contributed by atoms with Gasteiger partial charge < -0.3 is 15.0 Å². The average molecular weight is 357 g/mol. The zero-order valence-corrected chi connectivity index (χ0v) is 13.3. The average Bonchev–Trinajstić information content (AvgIpc) is 2.56. The maximum absolute atomic E-state index is 13.4. The molecule has 1 aliphatic heterocycles. The van der Waals surface area contributed by atoms with E-state index in [1.54, 1.807) is 6.92 Å². The summed E-state index contributed by atoms with van der Waals surface area (Å²) in [5, 5.41) is 2.68. The molecule has 3 rings (SSSR count). The van der Waals surface area contributed by atoms with Crippen LogP contribution < -0.4 is 10.2 Å². The molecule has 0 atom stereocenters. The number of nitrogens with zero attached hydrogens (tertiary/aromatic N) is 4. The first-order chi connectivity index (χ1) is 11.8. The molecule has 10 heteroatoms. The zero-order valence-electron chi connectivity index (χ0n) is 13.3. The van der Waals surface area contributed by atoms with Crippen molar-refractivity contribution in [1.82, 2.24) is 15.0 Å². The minimum atomic E-state index is -4.78. The maximum atomic E-state index is 13.4. The summed E-state index contributed by atoms with van der Waals surface area (Å²) in [6.45, 7) is 3.96. The second-order valence-electron chi connectivity index (χ2n) is 5.42. The van der Waals surface area contributed by atoms with Crippen LogP contribution in [0.25, 0.3) is 0 Å². The number of morpholine rings is 1. The van der Waals surface area contributed by atoms with Crippen molar-refractivity contribution in [3.63, 3.8) is 0 Å². The SMILES string of the molecule is Cc1nc(Nc2ccc(F)c(C(F)(F)F)c2)nc(N2CCOCC2)n1. The van der Waals surface area contributed by atoms with Gasteiger partial charge in [-0.1, -0.05) is 0 Å². The molecule has 0 bridgehead atoms. The molecule has 1 fully saturated rings. The molecule has 2 heterocycles. The predicted octanol–water partition coefficient (Wildman–Crippen LogP) is 2.92. The Kier molecular flexibility index (Phi) is 4.71. The second kappa shape index (κ2) is 6.79. The fourth-order valence-electron chi connectivity index (χ4n) is 2.38. The van der Waals surface area contributed by atoms with Gasteiger partial charge >= 0.3 is 6.18 Å². The van der Waals surface area contributed by atoms with E-state index >= 15 is 0 Å². The molecule has 0 radical (unpaired) electrons. The number of ether oxygens (including phenoxy) is 1. The lowest BCUT2D eigenvalue weighted by Crippen LogP contribution is -2.37. The van der Waals surface area contributed by atoms with Crippen molar-refractivity contribution in [3.8, 4) is 0 Å². The Morgan fingerprint density at radius 3 is 2.52 bits per heavy atom. The Bertz CT molecular complexity index is 762. The number of benzene rings is 1. The second-order valence-corrected chi connectivity index (χ2v) is 5.42. The Hall–Kier alpha value is -2.49. The van der Waals surface area contributed by atoms with E-state index in [0.717, 1.165) is 6.07 Å². The maximum Gasteiger partial charge on any atom is 0.419 e. The molecule has 134 valence electrons. The predicted molar refractivity (Wildman–Crippen MR) is 82.3 cm³/mol. The highest BCUT2D eigenvalue weighted by molar-refractivity contribution is 5.56. The van der Waals surface area contributed by atoms with E-state index in [9.17, 15) is 17.6 Å². The molecule has 0 amide bonds. The van der Waals surface area contributed by atoms with E-state index in [1.165, 1.54) is 6.07 Å². The molecule has 2 aromatic rings. The summed E-state index contributed by atoms with van der Waals surface area (Å²) in [5.74, 6) is -0.416. The lowest BCUT2D eigenvalue weighted by atomic mass is 10.2. The molecule has 1 N–H and O–H groups in total. The van der Waals surface area contributed by atoms with Gasteiger partial charge in [-0.3, -0.25) is 0 Å². The van der Waals surface area contributed by atoms with Crippen molar-refractivity contribution in [1.29, 1.82) is 0 Å². The van der Waals surface area contributed by atoms with E-state index in [-0.39, 0.29) is 11.6 Å². The molecule has 0 spiro atoms. The zero-order chi connectivity index (χ0) is 18.0. The summed E-state index contributed by atoms with van der Waals surface area (Å²) in [6.07, 6.45) is -4.78. The molecule has 1 aromatic heterocycles. The van der Waals surface area contributed by atoms with E-state index < -0.39 is 17.6 Å². The van der Waals surface area contributed by atoms with Crippen LogP contribution in [0.2, 0.25) is 0 Å². The molecule has 0 unspecified atom stereocenters. The topological polar surface area (TPSA) is 63.2 Å². The van der Waals surface area contributed by atoms with Gasteiger partial charge in [0.1, 0.15) is 11.6 Å². The van der Waals surface area contributed by atoms with Crippen LogP contribution in [0.15, 0.2) is 18.2 Å². The van der Waals surface area contributed by atoms with Gasteiger partial charge in [0.25, 0.3) is 0 Å². The van der Waals surface area contributed by atoms with E-state index in [4.69, 9.17) is 4.74 Å². The van der Waals surface area contributed by atoms with Gasteiger partial charge in [-0.2, -0.15) is 28.1 Å². The normalized spacial score (nSPS) is 15.3. The lowest BCUT2D eigenvalue weighted by molar-refractivity contribution is -0.139. The van der Waals surface area contributed by atoms with E-state index in [1.807, 2.05) is 4.90 Å². The summed E-state index contributed by atoms with van der Waals surface area (Å²) in [6, 6.07) is 2.63. The van der Waals surface area contributed by atoms with E-state index in [2.05, 4.69) is 20.3 Å². The van der Waals surface area contributed by atoms with Gasteiger partial charge in [-0.15, -0.1) is 0 Å². The highest BCUT2D eigenvalue weighted by Gasteiger charge is 2.34. The smallest absolute Gasteiger partial charge is 0.378 e. The number of hydrogen-bond acceptors (Lipinski definition) is 6. The summed E-state index contributed by atoms with van der Waals surface area (Å²) < 4.78 is 57.1. The Morgan fingerprint density at radius 1 is 1.12 bits per heavy atom. The van der Waals surface area contributed by atoms with Crippen molar-refractivity contribution in [2.45, 2.75) is 13.1 Å². The highest BCUT2D eigenvalue weighted by atomic mass is 19.4. The molecule has 0 aliphatic carbocycles. The molecule has 1 aromatic carbocycles. The van der Waals surface area contributed by atoms with Gasteiger partial charge in [-0.25, -0.2) is 4.39 Å². The van der Waals surface area contributed by atoms with Crippen LogP contribution in [0.4, 0.5) is 35.1 Å². The third-order valence-electron chi connectivity index (χ3n) is 3.56. The number of aryl methyl sites for hydroxylation is 1. The van der Waals surface area contributed by atoms with Gasteiger partial charge in [0.2, 0.25) is 11.9 Å². The molecule has 1 saturated heterocycles. The van der Waals surface area contributed by atoms with Gasteiger partial charge in [0, 0.05) is 18.8 Å². The lowest BCUT2D eigenvalue weighted by Gasteiger charge is -2.27. The van der Waals surface area contributed by atoms with Gasteiger partial charge in [0.15, 0.2) is 0 Å². The summed E-state index contributed by atoms with van der Waals surface area (Å²) in [4.78, 5) is 14.4. The van der Waals surface area contributed by atoms with Crippen LogP contribution in [0, 0.1) is 12.7 Å². The van der Waals surface area contributed by atoms with Gasteiger partial charge in [0.05, 0.1) is 18.8 Å². The minimum Gasteiger partial charge on any atom is -0.378 e. The van der Waals surface area contributed by atoms with Crippen LogP contribution in [-0.2, 0) is 10.9 Å². The number of alkyl halides is 3. The van der Waals surface area contributed by atoms with Crippen LogP contribution >= 0.6 is 0 Å². The number of nitrogens with one attached hydrogen (secondary N) is 1. The summed E-state index contributed by atoms with van der Waals surface area (Å²) >= 11 is 0. The van der Waals surface area contributed by atoms with Crippen molar-refractivity contribution < 1.29 is 22.3 Å². The molecule has 6 nitrogen and oxygen atoms in total. The van der Waals surface area contributed by atoms with Crippen molar-refractivity contribution in [3.05, 3.63) is 35.4 Å². The molecule has 25 heavy (non-hydrogen) atoms. The fourth-order valence-corrected chi connectivity index (χ4v) is 2.38. The van der Waals surface area contributed by atoms with Crippen molar-refractivity contribution >= 4 is 17.6 Å². The monoisotopic (exact) mass is 357 g/mol. The van der Waals surface area contributed by atoms with Crippen LogP contribution in [0.5, 0.6) is 0 Å². The molecule has 1 aliphatic rings. The molecular formula is C15H15F4N5O.